The minimum absolute atomic E-state index is 0.248. The highest BCUT2D eigenvalue weighted by Gasteiger charge is 2.43. The Morgan fingerprint density at radius 2 is 1.75 bits per heavy atom. The van der Waals surface area contributed by atoms with Crippen molar-refractivity contribution in [2.75, 3.05) is 34.2 Å². The number of hydrogen-bond acceptors (Lipinski definition) is 3. The van der Waals surface area contributed by atoms with E-state index in [1.54, 1.807) is 0 Å². The fourth-order valence-electron chi connectivity index (χ4n) is 3.72. The molecule has 2 fully saturated rings. The van der Waals surface area contributed by atoms with Crippen molar-refractivity contribution < 1.29 is 0 Å². The summed E-state index contributed by atoms with van der Waals surface area (Å²) >= 11 is 0. The summed E-state index contributed by atoms with van der Waals surface area (Å²) in [7, 11) is 6.86. The van der Waals surface area contributed by atoms with E-state index in [1.807, 2.05) is 0 Å². The molecule has 20 heavy (non-hydrogen) atoms. The van der Waals surface area contributed by atoms with E-state index in [9.17, 15) is 0 Å². The van der Waals surface area contributed by atoms with Crippen LogP contribution in [0.15, 0.2) is 0 Å². The summed E-state index contributed by atoms with van der Waals surface area (Å²) in [6.07, 6.45) is 6.94. The van der Waals surface area contributed by atoms with Gasteiger partial charge < -0.3 is 15.1 Å². The third-order valence-corrected chi connectivity index (χ3v) is 5.61. The van der Waals surface area contributed by atoms with Crippen LogP contribution >= 0.6 is 0 Å². The minimum Gasteiger partial charge on any atom is -0.312 e. The van der Waals surface area contributed by atoms with Crippen LogP contribution in [0.1, 0.15) is 52.9 Å². The zero-order valence-electron chi connectivity index (χ0n) is 14.5. The van der Waals surface area contributed by atoms with Crippen molar-refractivity contribution >= 4 is 0 Å². The largest absolute Gasteiger partial charge is 0.312 e. The van der Waals surface area contributed by atoms with Crippen LogP contribution in [0.4, 0.5) is 0 Å². The van der Waals surface area contributed by atoms with E-state index in [2.05, 4.69) is 57.0 Å². The fraction of sp³-hybridized carbons (Fsp3) is 1.00. The SMILES string of the molecule is CN(CC1(N(C)C)CCC1)C1CCC1CNC(C)(C)C. The first-order chi connectivity index (χ1) is 9.23. The predicted octanol–water partition coefficient (Wildman–Crippen LogP) is 2.57. The molecular formula is C17H35N3. The third-order valence-electron chi connectivity index (χ3n) is 5.61. The number of nitrogens with zero attached hydrogens (tertiary/aromatic N) is 2. The molecule has 0 spiro atoms. The van der Waals surface area contributed by atoms with Gasteiger partial charge in [-0.05, 0) is 86.5 Å². The number of hydrogen-bond donors (Lipinski definition) is 1. The molecule has 2 unspecified atom stereocenters. The highest BCUT2D eigenvalue weighted by Crippen LogP contribution is 2.39. The normalized spacial score (nSPS) is 29.4. The predicted molar refractivity (Wildman–Crippen MR) is 87.2 cm³/mol. The maximum absolute atomic E-state index is 3.69. The number of rotatable bonds is 6. The van der Waals surface area contributed by atoms with Gasteiger partial charge >= 0.3 is 0 Å². The first-order valence-electron chi connectivity index (χ1n) is 8.36. The van der Waals surface area contributed by atoms with E-state index >= 15 is 0 Å². The van der Waals surface area contributed by atoms with Crippen LogP contribution in [0.3, 0.4) is 0 Å². The van der Waals surface area contributed by atoms with Gasteiger partial charge in [0.25, 0.3) is 0 Å². The first-order valence-corrected chi connectivity index (χ1v) is 8.36. The van der Waals surface area contributed by atoms with Crippen molar-refractivity contribution in [2.24, 2.45) is 5.92 Å². The van der Waals surface area contributed by atoms with Crippen LogP contribution in [-0.2, 0) is 0 Å². The highest BCUT2D eigenvalue weighted by atomic mass is 15.2. The van der Waals surface area contributed by atoms with Gasteiger partial charge in [-0.2, -0.15) is 0 Å². The third kappa shape index (κ3) is 3.55. The molecular weight excluding hydrogens is 246 g/mol. The summed E-state index contributed by atoms with van der Waals surface area (Å²) in [4.78, 5) is 5.12. The van der Waals surface area contributed by atoms with Gasteiger partial charge in [0, 0.05) is 23.7 Å². The van der Waals surface area contributed by atoms with Gasteiger partial charge in [0.15, 0.2) is 0 Å². The Kier molecular flexibility index (Phi) is 4.83. The zero-order chi connectivity index (χ0) is 15.0. The second-order valence-corrected chi connectivity index (χ2v) is 8.42. The Balaban J connectivity index is 1.82. The summed E-state index contributed by atoms with van der Waals surface area (Å²) in [6.45, 7) is 9.21. The summed E-state index contributed by atoms with van der Waals surface area (Å²) in [5, 5.41) is 3.69. The van der Waals surface area contributed by atoms with E-state index in [0.29, 0.717) is 5.54 Å². The Bertz CT molecular complexity index is 315. The van der Waals surface area contributed by atoms with Gasteiger partial charge in [-0.1, -0.05) is 0 Å². The molecule has 2 atom stereocenters. The number of nitrogens with one attached hydrogen (secondary N) is 1. The van der Waals surface area contributed by atoms with E-state index in [4.69, 9.17) is 0 Å². The highest BCUT2D eigenvalue weighted by molar-refractivity contribution is 5.00. The molecule has 2 saturated carbocycles. The van der Waals surface area contributed by atoms with Crippen LogP contribution in [0.25, 0.3) is 0 Å². The van der Waals surface area contributed by atoms with Gasteiger partial charge in [0.2, 0.25) is 0 Å². The topological polar surface area (TPSA) is 18.5 Å². The molecule has 2 aliphatic rings. The molecule has 0 aromatic heterocycles. The minimum atomic E-state index is 0.248. The van der Waals surface area contributed by atoms with Gasteiger partial charge in [-0.15, -0.1) is 0 Å². The molecule has 0 saturated heterocycles. The van der Waals surface area contributed by atoms with Gasteiger partial charge in [0.1, 0.15) is 0 Å². The molecule has 118 valence electrons. The molecule has 1 N–H and O–H groups in total. The van der Waals surface area contributed by atoms with Crippen LogP contribution in [0, 0.1) is 5.92 Å². The standard InChI is InChI=1S/C17H35N3/c1-16(2,3)18-12-14-8-9-15(14)20(6)13-17(19(4)5)10-7-11-17/h14-15,18H,7-13H2,1-6H3. The Morgan fingerprint density at radius 3 is 2.10 bits per heavy atom. The fourth-order valence-corrected chi connectivity index (χ4v) is 3.72. The zero-order valence-corrected chi connectivity index (χ0v) is 14.5. The molecule has 0 aromatic rings. The van der Waals surface area contributed by atoms with Crippen LogP contribution in [0.2, 0.25) is 0 Å². The maximum atomic E-state index is 3.69. The molecule has 0 radical (unpaired) electrons. The molecule has 0 heterocycles. The lowest BCUT2D eigenvalue weighted by Gasteiger charge is -2.53. The van der Waals surface area contributed by atoms with Crippen molar-refractivity contribution in [1.29, 1.82) is 0 Å². The van der Waals surface area contributed by atoms with Crippen LogP contribution < -0.4 is 5.32 Å². The van der Waals surface area contributed by atoms with E-state index in [1.165, 1.54) is 45.2 Å². The summed E-state index contributed by atoms with van der Waals surface area (Å²) in [5.74, 6) is 0.846. The van der Waals surface area contributed by atoms with Gasteiger partial charge in [-0.25, -0.2) is 0 Å². The second-order valence-electron chi connectivity index (χ2n) is 8.42. The second kappa shape index (κ2) is 5.94. The molecule has 3 nitrogen and oxygen atoms in total. The lowest BCUT2D eigenvalue weighted by atomic mass is 9.73. The Labute approximate surface area is 126 Å². The molecule has 0 bridgehead atoms. The quantitative estimate of drug-likeness (QED) is 0.807. The van der Waals surface area contributed by atoms with E-state index in [0.717, 1.165) is 12.0 Å². The summed E-state index contributed by atoms with van der Waals surface area (Å²) in [5.41, 5.74) is 0.712. The number of likely N-dealkylation sites (N-methyl/N-ethyl adjacent to an activating group) is 2. The van der Waals surface area contributed by atoms with Gasteiger partial charge in [-0.3, -0.25) is 0 Å². The van der Waals surface area contributed by atoms with Gasteiger partial charge in [0.05, 0.1) is 0 Å². The van der Waals surface area contributed by atoms with Crippen LogP contribution in [-0.4, -0.2) is 61.2 Å². The molecule has 3 heteroatoms. The molecule has 0 aromatic carbocycles. The van der Waals surface area contributed by atoms with E-state index < -0.39 is 0 Å². The molecule has 0 aliphatic heterocycles. The average Bonchev–Trinajstić information content (AvgIpc) is 2.19. The molecule has 2 rings (SSSR count). The van der Waals surface area contributed by atoms with Crippen molar-refractivity contribution in [3.63, 3.8) is 0 Å². The van der Waals surface area contributed by atoms with Crippen molar-refractivity contribution in [3.8, 4) is 0 Å². The van der Waals surface area contributed by atoms with Crippen molar-refractivity contribution in [2.45, 2.75) is 70.0 Å². The van der Waals surface area contributed by atoms with Crippen molar-refractivity contribution in [1.82, 2.24) is 15.1 Å². The van der Waals surface area contributed by atoms with Crippen LogP contribution in [0.5, 0.6) is 0 Å². The average molecular weight is 281 g/mol. The Hall–Kier alpha value is -0.120. The summed E-state index contributed by atoms with van der Waals surface area (Å²) in [6, 6.07) is 0.794. The smallest absolute Gasteiger partial charge is 0.0330 e. The lowest BCUT2D eigenvalue weighted by molar-refractivity contribution is -0.0134. The monoisotopic (exact) mass is 281 g/mol. The van der Waals surface area contributed by atoms with E-state index in [-0.39, 0.29) is 5.54 Å². The first kappa shape index (κ1) is 16.3. The molecule has 2 aliphatic carbocycles. The summed E-state index contributed by atoms with van der Waals surface area (Å²) < 4.78 is 0. The Morgan fingerprint density at radius 1 is 1.10 bits per heavy atom. The van der Waals surface area contributed by atoms with Crippen molar-refractivity contribution in [3.05, 3.63) is 0 Å². The maximum Gasteiger partial charge on any atom is 0.0330 e. The molecule has 0 amide bonds. The lowest BCUT2D eigenvalue weighted by Crippen LogP contribution is -2.61.